The lowest BCUT2D eigenvalue weighted by Gasteiger charge is -2.09. The van der Waals surface area contributed by atoms with E-state index in [1.54, 1.807) is 0 Å². The van der Waals surface area contributed by atoms with Crippen LogP contribution < -0.4 is 4.74 Å². The van der Waals surface area contributed by atoms with Gasteiger partial charge >= 0.3 is 0 Å². The summed E-state index contributed by atoms with van der Waals surface area (Å²) in [5, 5.41) is 0.274. The van der Waals surface area contributed by atoms with Crippen LogP contribution in [0.25, 0.3) is 0 Å². The molecule has 0 aliphatic rings. The van der Waals surface area contributed by atoms with Crippen LogP contribution >= 0.6 is 11.6 Å². The molecule has 5 heteroatoms. The summed E-state index contributed by atoms with van der Waals surface area (Å²) in [7, 11) is 0. The molecule has 19 heavy (non-hydrogen) atoms. The second kappa shape index (κ2) is 5.80. The summed E-state index contributed by atoms with van der Waals surface area (Å²) >= 11 is 5.62. The van der Waals surface area contributed by atoms with Gasteiger partial charge in [0.05, 0.1) is 5.56 Å². The molecule has 0 N–H and O–H groups in total. The third kappa shape index (κ3) is 3.09. The normalized spacial score (nSPS) is 10.3. The Balaban J connectivity index is 2.17. The SMILES string of the molecule is O=Cc1cccc(OCc2ccc(Cl)cc2F)c1F. The first-order valence-corrected chi connectivity index (χ1v) is 5.80. The smallest absolute Gasteiger partial charge is 0.175 e. The molecule has 0 bridgehead atoms. The summed E-state index contributed by atoms with van der Waals surface area (Å²) in [5.41, 5.74) is 0.148. The van der Waals surface area contributed by atoms with Crippen LogP contribution in [0.5, 0.6) is 5.75 Å². The van der Waals surface area contributed by atoms with Gasteiger partial charge in [-0.2, -0.15) is 0 Å². The van der Waals surface area contributed by atoms with Crippen molar-refractivity contribution in [3.8, 4) is 5.75 Å². The standard InChI is InChI=1S/C14H9ClF2O2/c15-11-5-4-10(12(16)6-11)8-19-13-3-1-2-9(7-18)14(13)17/h1-7H,8H2. The highest BCUT2D eigenvalue weighted by molar-refractivity contribution is 6.30. The van der Waals surface area contributed by atoms with Gasteiger partial charge in [0.15, 0.2) is 17.9 Å². The summed E-state index contributed by atoms with van der Waals surface area (Å²) in [6.07, 6.45) is 0.394. The maximum atomic E-state index is 13.7. The van der Waals surface area contributed by atoms with Crippen molar-refractivity contribution in [2.75, 3.05) is 0 Å². The average Bonchev–Trinajstić information content (AvgIpc) is 2.39. The van der Waals surface area contributed by atoms with E-state index >= 15 is 0 Å². The number of rotatable bonds is 4. The van der Waals surface area contributed by atoms with Gasteiger partial charge in [0.1, 0.15) is 12.4 Å². The first-order chi connectivity index (χ1) is 9.11. The second-order valence-corrected chi connectivity index (χ2v) is 4.24. The van der Waals surface area contributed by atoms with Gasteiger partial charge in [0, 0.05) is 10.6 Å². The highest BCUT2D eigenvalue weighted by atomic mass is 35.5. The van der Waals surface area contributed by atoms with Gasteiger partial charge in [-0.1, -0.05) is 23.7 Å². The lowest BCUT2D eigenvalue weighted by atomic mass is 10.2. The van der Waals surface area contributed by atoms with Crippen LogP contribution in [-0.2, 0) is 6.61 Å². The minimum absolute atomic E-state index is 0.0982. The largest absolute Gasteiger partial charge is 0.486 e. The van der Waals surface area contributed by atoms with Gasteiger partial charge in [0.2, 0.25) is 0 Å². The van der Waals surface area contributed by atoms with Gasteiger partial charge in [-0.3, -0.25) is 4.79 Å². The highest BCUT2D eigenvalue weighted by Gasteiger charge is 2.10. The number of ether oxygens (including phenoxy) is 1. The van der Waals surface area contributed by atoms with E-state index in [9.17, 15) is 13.6 Å². The maximum absolute atomic E-state index is 13.7. The zero-order chi connectivity index (χ0) is 13.8. The predicted octanol–water partition coefficient (Wildman–Crippen LogP) is 4.01. The van der Waals surface area contributed by atoms with Gasteiger partial charge in [-0.05, 0) is 24.3 Å². The van der Waals surface area contributed by atoms with Crippen molar-refractivity contribution in [2.24, 2.45) is 0 Å². The molecule has 0 spiro atoms. The van der Waals surface area contributed by atoms with Gasteiger partial charge in [-0.25, -0.2) is 8.78 Å². The van der Waals surface area contributed by atoms with Gasteiger partial charge in [0.25, 0.3) is 0 Å². The molecular weight excluding hydrogens is 274 g/mol. The molecule has 0 saturated heterocycles. The molecule has 0 heterocycles. The molecule has 2 nitrogen and oxygen atoms in total. The van der Waals surface area contributed by atoms with E-state index < -0.39 is 11.6 Å². The summed E-state index contributed by atoms with van der Waals surface area (Å²) in [4.78, 5) is 10.6. The third-order valence-electron chi connectivity index (χ3n) is 2.52. The molecule has 0 atom stereocenters. The number of hydrogen-bond donors (Lipinski definition) is 0. The van der Waals surface area contributed by atoms with Crippen LogP contribution in [0.15, 0.2) is 36.4 Å². The van der Waals surface area contributed by atoms with Crippen molar-refractivity contribution in [1.82, 2.24) is 0 Å². The number of carbonyl (C=O) groups excluding carboxylic acids is 1. The summed E-state index contributed by atoms with van der Waals surface area (Å²) in [5.74, 6) is -1.38. The van der Waals surface area contributed by atoms with Gasteiger partial charge < -0.3 is 4.74 Å². The van der Waals surface area contributed by atoms with Crippen molar-refractivity contribution in [3.05, 3.63) is 64.2 Å². The molecule has 0 unspecified atom stereocenters. The molecule has 2 rings (SSSR count). The monoisotopic (exact) mass is 282 g/mol. The van der Waals surface area contributed by atoms with Crippen molar-refractivity contribution < 1.29 is 18.3 Å². The summed E-state index contributed by atoms with van der Waals surface area (Å²) < 4.78 is 32.3. The average molecular weight is 283 g/mol. The van der Waals surface area contributed by atoms with Gasteiger partial charge in [-0.15, -0.1) is 0 Å². The van der Waals surface area contributed by atoms with E-state index in [2.05, 4.69) is 0 Å². The van der Waals surface area contributed by atoms with Crippen LogP contribution in [0, 0.1) is 11.6 Å². The zero-order valence-corrected chi connectivity index (χ0v) is 10.5. The zero-order valence-electron chi connectivity index (χ0n) is 9.70. The van der Waals surface area contributed by atoms with Crippen LogP contribution in [0.2, 0.25) is 5.02 Å². The molecule has 0 radical (unpaired) electrons. The molecule has 98 valence electrons. The Bertz CT molecular complexity index is 614. The molecule has 0 fully saturated rings. The van der Waals surface area contributed by atoms with Crippen molar-refractivity contribution >= 4 is 17.9 Å². The molecule has 0 aliphatic heterocycles. The van der Waals surface area contributed by atoms with Crippen LogP contribution in [0.4, 0.5) is 8.78 Å². The molecule has 2 aromatic rings. The summed E-state index contributed by atoms with van der Waals surface area (Å²) in [6.45, 7) is -0.151. The van der Waals surface area contributed by atoms with E-state index in [4.69, 9.17) is 16.3 Å². The van der Waals surface area contributed by atoms with E-state index in [1.807, 2.05) is 0 Å². The first kappa shape index (κ1) is 13.5. The molecular formula is C14H9ClF2O2. The molecule has 0 saturated carbocycles. The Morgan fingerprint density at radius 2 is 2.00 bits per heavy atom. The Labute approximate surface area is 113 Å². The Kier molecular flexibility index (Phi) is 4.12. The van der Waals surface area contributed by atoms with Crippen molar-refractivity contribution in [2.45, 2.75) is 6.61 Å². The quantitative estimate of drug-likeness (QED) is 0.792. The topological polar surface area (TPSA) is 26.3 Å². The number of aldehydes is 1. The summed E-state index contributed by atoms with van der Waals surface area (Å²) in [6, 6.07) is 8.31. The number of carbonyl (C=O) groups is 1. The van der Waals surface area contributed by atoms with Crippen molar-refractivity contribution in [1.29, 1.82) is 0 Å². The lowest BCUT2D eigenvalue weighted by Crippen LogP contribution is -2.01. The number of benzene rings is 2. The second-order valence-electron chi connectivity index (χ2n) is 3.80. The Morgan fingerprint density at radius 3 is 2.68 bits per heavy atom. The van der Waals surface area contributed by atoms with E-state index in [0.29, 0.717) is 6.29 Å². The molecule has 0 aromatic heterocycles. The third-order valence-corrected chi connectivity index (χ3v) is 2.75. The molecule has 2 aromatic carbocycles. The highest BCUT2D eigenvalue weighted by Crippen LogP contribution is 2.22. The fourth-order valence-corrected chi connectivity index (χ4v) is 1.68. The van der Waals surface area contributed by atoms with Crippen molar-refractivity contribution in [3.63, 3.8) is 0 Å². The number of halogens is 3. The lowest BCUT2D eigenvalue weighted by molar-refractivity contribution is 0.111. The van der Waals surface area contributed by atoms with Crippen LogP contribution in [-0.4, -0.2) is 6.29 Å². The fourth-order valence-electron chi connectivity index (χ4n) is 1.52. The molecule has 0 amide bonds. The minimum atomic E-state index is -0.758. The maximum Gasteiger partial charge on any atom is 0.175 e. The van der Waals surface area contributed by atoms with E-state index in [0.717, 1.165) is 6.07 Å². The Morgan fingerprint density at radius 1 is 1.21 bits per heavy atom. The van der Waals surface area contributed by atoms with Crippen LogP contribution in [0.3, 0.4) is 0 Å². The van der Waals surface area contributed by atoms with E-state index in [-0.39, 0.29) is 28.5 Å². The molecule has 0 aliphatic carbocycles. The first-order valence-electron chi connectivity index (χ1n) is 5.42. The van der Waals surface area contributed by atoms with Crippen LogP contribution in [0.1, 0.15) is 15.9 Å². The Hall–Kier alpha value is -1.94. The van der Waals surface area contributed by atoms with E-state index in [1.165, 1.54) is 30.3 Å². The fraction of sp³-hybridized carbons (Fsp3) is 0.0714. The minimum Gasteiger partial charge on any atom is -0.486 e. The number of hydrogen-bond acceptors (Lipinski definition) is 2. The predicted molar refractivity (Wildman–Crippen MR) is 67.5 cm³/mol.